The van der Waals surface area contributed by atoms with Gasteiger partial charge in [-0.05, 0) is 60.1 Å². The van der Waals surface area contributed by atoms with Crippen LogP contribution in [0.5, 0.6) is 0 Å². The molecule has 2 aliphatic rings. The first kappa shape index (κ1) is 12.6. The third-order valence-corrected chi connectivity index (χ3v) is 4.50. The first-order valence-electron chi connectivity index (χ1n) is 7.67. The average Bonchev–Trinajstić information content (AvgIpc) is 2.91. The zero-order valence-corrected chi connectivity index (χ0v) is 12.6. The highest BCUT2D eigenvalue weighted by Crippen LogP contribution is 2.43. The van der Waals surface area contributed by atoms with Crippen LogP contribution in [-0.4, -0.2) is 0 Å². The summed E-state index contributed by atoms with van der Waals surface area (Å²) in [5, 5.41) is 0. The maximum absolute atomic E-state index is 2.39. The fraction of sp³-hybridized carbons (Fsp3) is 0.190. The van der Waals surface area contributed by atoms with E-state index in [0.29, 0.717) is 0 Å². The van der Waals surface area contributed by atoms with Crippen LogP contribution in [0.25, 0.3) is 11.1 Å². The molecule has 0 nitrogen and oxygen atoms in total. The van der Waals surface area contributed by atoms with Crippen molar-refractivity contribution in [3.8, 4) is 0 Å². The summed E-state index contributed by atoms with van der Waals surface area (Å²) >= 11 is 0. The SMILES string of the molecule is Cc1cc(C)cc(C2=CC3=C([CH]2)c2ccccc2CC3)c1. The molecule has 0 heterocycles. The Hall–Kier alpha value is -2.08. The number of hydrogen-bond donors (Lipinski definition) is 0. The van der Waals surface area contributed by atoms with Gasteiger partial charge in [-0.1, -0.05) is 59.7 Å². The summed E-state index contributed by atoms with van der Waals surface area (Å²) in [6.07, 6.45) is 7.09. The smallest absolute Gasteiger partial charge is 0.0214 e. The summed E-state index contributed by atoms with van der Waals surface area (Å²) in [6.45, 7) is 4.35. The van der Waals surface area contributed by atoms with E-state index < -0.39 is 0 Å². The molecule has 21 heavy (non-hydrogen) atoms. The molecule has 0 atom stereocenters. The Bertz CT molecular complexity index is 767. The Morgan fingerprint density at radius 2 is 1.62 bits per heavy atom. The van der Waals surface area contributed by atoms with Crippen molar-refractivity contribution >= 4 is 11.1 Å². The van der Waals surface area contributed by atoms with E-state index in [0.717, 1.165) is 6.42 Å². The predicted molar refractivity (Wildman–Crippen MR) is 89.9 cm³/mol. The van der Waals surface area contributed by atoms with E-state index in [2.05, 4.69) is 68.8 Å². The van der Waals surface area contributed by atoms with Crippen LogP contribution < -0.4 is 0 Å². The van der Waals surface area contributed by atoms with E-state index in [1.807, 2.05) is 0 Å². The fourth-order valence-corrected chi connectivity index (χ4v) is 3.59. The molecule has 0 spiro atoms. The molecule has 2 aromatic carbocycles. The third kappa shape index (κ3) is 2.15. The molecule has 2 aromatic rings. The van der Waals surface area contributed by atoms with Crippen LogP contribution in [0.4, 0.5) is 0 Å². The first-order valence-corrected chi connectivity index (χ1v) is 7.67. The molecule has 0 bridgehead atoms. The Morgan fingerprint density at radius 1 is 0.857 bits per heavy atom. The Morgan fingerprint density at radius 3 is 2.43 bits per heavy atom. The van der Waals surface area contributed by atoms with Gasteiger partial charge >= 0.3 is 0 Å². The molecule has 0 fully saturated rings. The number of aryl methyl sites for hydroxylation is 3. The van der Waals surface area contributed by atoms with Gasteiger partial charge in [-0.25, -0.2) is 0 Å². The van der Waals surface area contributed by atoms with Crippen molar-refractivity contribution in [3.63, 3.8) is 0 Å². The molecule has 1 radical (unpaired) electrons. The van der Waals surface area contributed by atoms with Gasteiger partial charge in [0, 0.05) is 6.42 Å². The largest absolute Gasteiger partial charge is 0.0620 e. The Balaban J connectivity index is 1.73. The van der Waals surface area contributed by atoms with Gasteiger partial charge in [0.15, 0.2) is 0 Å². The number of allylic oxidation sites excluding steroid dienone is 4. The van der Waals surface area contributed by atoms with Gasteiger partial charge in [-0.3, -0.25) is 0 Å². The number of rotatable bonds is 1. The topological polar surface area (TPSA) is 0 Å². The minimum Gasteiger partial charge on any atom is -0.0620 e. The van der Waals surface area contributed by atoms with Crippen molar-refractivity contribution < 1.29 is 0 Å². The second-order valence-electron chi connectivity index (χ2n) is 6.22. The van der Waals surface area contributed by atoms with Crippen LogP contribution in [0, 0.1) is 20.3 Å². The molecule has 4 rings (SSSR count). The minimum absolute atomic E-state index is 1.16. The molecule has 0 saturated carbocycles. The van der Waals surface area contributed by atoms with Crippen molar-refractivity contribution in [1.29, 1.82) is 0 Å². The number of fused-ring (bicyclic) bond motifs is 2. The van der Waals surface area contributed by atoms with Crippen molar-refractivity contribution in [2.45, 2.75) is 26.7 Å². The normalized spacial score (nSPS) is 16.6. The number of benzene rings is 2. The molecule has 0 aliphatic heterocycles. The van der Waals surface area contributed by atoms with Crippen LogP contribution in [0.3, 0.4) is 0 Å². The van der Waals surface area contributed by atoms with Gasteiger partial charge in [0.25, 0.3) is 0 Å². The summed E-state index contributed by atoms with van der Waals surface area (Å²) < 4.78 is 0. The van der Waals surface area contributed by atoms with E-state index >= 15 is 0 Å². The van der Waals surface area contributed by atoms with Crippen LogP contribution in [0.15, 0.2) is 54.1 Å². The fourth-order valence-electron chi connectivity index (χ4n) is 3.59. The van der Waals surface area contributed by atoms with Crippen LogP contribution in [-0.2, 0) is 6.42 Å². The molecular formula is C21H19. The zero-order chi connectivity index (χ0) is 14.4. The minimum atomic E-state index is 1.16. The summed E-state index contributed by atoms with van der Waals surface area (Å²) in [4.78, 5) is 0. The predicted octanol–water partition coefficient (Wildman–Crippen LogP) is 5.30. The molecular weight excluding hydrogens is 252 g/mol. The summed E-state index contributed by atoms with van der Waals surface area (Å²) in [6, 6.07) is 15.6. The quantitative estimate of drug-likeness (QED) is 0.660. The highest BCUT2D eigenvalue weighted by Gasteiger charge is 2.24. The lowest BCUT2D eigenvalue weighted by Crippen LogP contribution is -2.01. The molecule has 0 aromatic heterocycles. The first-order chi connectivity index (χ1) is 10.2. The maximum Gasteiger partial charge on any atom is 0.0214 e. The second kappa shape index (κ2) is 4.73. The molecule has 0 amide bonds. The monoisotopic (exact) mass is 271 g/mol. The lowest BCUT2D eigenvalue weighted by atomic mass is 9.86. The standard InChI is InChI=1S/C21H19/c1-14-9-15(2)11-18(10-14)19-12-17-8-7-16-5-3-4-6-20(16)21(17)13-19/h3-6,9-13H,7-8H2,1-2H3. The zero-order valence-electron chi connectivity index (χ0n) is 12.6. The molecule has 103 valence electrons. The summed E-state index contributed by atoms with van der Waals surface area (Å²) in [7, 11) is 0. The van der Waals surface area contributed by atoms with Gasteiger partial charge < -0.3 is 0 Å². The van der Waals surface area contributed by atoms with Crippen molar-refractivity contribution in [2.75, 3.05) is 0 Å². The van der Waals surface area contributed by atoms with Gasteiger partial charge in [0.1, 0.15) is 0 Å². The molecule has 0 saturated heterocycles. The van der Waals surface area contributed by atoms with Crippen LogP contribution in [0.2, 0.25) is 0 Å². The second-order valence-corrected chi connectivity index (χ2v) is 6.22. The van der Waals surface area contributed by atoms with Crippen LogP contribution >= 0.6 is 0 Å². The third-order valence-electron chi connectivity index (χ3n) is 4.50. The van der Waals surface area contributed by atoms with E-state index in [1.165, 1.54) is 51.0 Å². The maximum atomic E-state index is 2.39. The molecule has 0 unspecified atom stereocenters. The number of hydrogen-bond acceptors (Lipinski definition) is 0. The van der Waals surface area contributed by atoms with Crippen LogP contribution in [0.1, 0.15) is 34.2 Å². The van der Waals surface area contributed by atoms with E-state index in [-0.39, 0.29) is 0 Å². The Kier molecular flexibility index (Phi) is 2.85. The summed E-state index contributed by atoms with van der Waals surface area (Å²) in [5.74, 6) is 0. The van der Waals surface area contributed by atoms with Gasteiger partial charge in [0.2, 0.25) is 0 Å². The van der Waals surface area contributed by atoms with E-state index in [9.17, 15) is 0 Å². The van der Waals surface area contributed by atoms with Crippen molar-refractivity contribution in [1.82, 2.24) is 0 Å². The average molecular weight is 271 g/mol. The van der Waals surface area contributed by atoms with E-state index in [4.69, 9.17) is 0 Å². The molecule has 0 heteroatoms. The Labute approximate surface area is 126 Å². The molecule has 2 aliphatic carbocycles. The van der Waals surface area contributed by atoms with Gasteiger partial charge in [-0.15, -0.1) is 0 Å². The molecule has 0 N–H and O–H groups in total. The lowest BCUT2D eigenvalue weighted by molar-refractivity contribution is 0.947. The highest BCUT2D eigenvalue weighted by molar-refractivity contribution is 5.99. The van der Waals surface area contributed by atoms with Gasteiger partial charge in [-0.2, -0.15) is 0 Å². The van der Waals surface area contributed by atoms with Gasteiger partial charge in [0.05, 0.1) is 0 Å². The highest BCUT2D eigenvalue weighted by atomic mass is 14.3. The van der Waals surface area contributed by atoms with Crippen molar-refractivity contribution in [3.05, 3.63) is 88.4 Å². The van der Waals surface area contributed by atoms with E-state index in [1.54, 1.807) is 0 Å². The lowest BCUT2D eigenvalue weighted by Gasteiger charge is -2.18. The summed E-state index contributed by atoms with van der Waals surface area (Å²) in [5.41, 5.74) is 11.2. The van der Waals surface area contributed by atoms with Crippen molar-refractivity contribution in [2.24, 2.45) is 0 Å².